The van der Waals surface area contributed by atoms with Crippen LogP contribution in [0.2, 0.25) is 0 Å². The van der Waals surface area contributed by atoms with Gasteiger partial charge in [-0.05, 0) is 45.7 Å². The summed E-state index contributed by atoms with van der Waals surface area (Å²) in [6.07, 6.45) is -4.00. The molecular weight excluding hydrogens is 302 g/mol. The number of aryl methyl sites for hydroxylation is 1. The first-order valence-electron chi connectivity index (χ1n) is 5.54. The summed E-state index contributed by atoms with van der Waals surface area (Å²) >= 11 is 0.641. The SMILES string of the molecule is O=C(NC1CCc2cc(SOOF)ccc21)C(F)(F)F. The lowest BCUT2D eigenvalue weighted by atomic mass is 10.1. The van der Waals surface area contributed by atoms with E-state index in [0.29, 0.717) is 35.3 Å². The number of alkyl halides is 3. The second-order valence-electron chi connectivity index (χ2n) is 4.14. The molecule has 110 valence electrons. The lowest BCUT2D eigenvalue weighted by Gasteiger charge is -2.15. The Morgan fingerprint density at radius 3 is 2.80 bits per heavy atom. The molecule has 0 aliphatic heterocycles. The van der Waals surface area contributed by atoms with Gasteiger partial charge in [0, 0.05) is 4.90 Å². The Hall–Kier alpha value is -1.32. The first kappa shape index (κ1) is 15.1. The number of nitrogens with one attached hydrogen (secondary N) is 1. The molecule has 0 saturated heterocycles. The van der Waals surface area contributed by atoms with Crippen molar-refractivity contribution in [1.82, 2.24) is 5.32 Å². The van der Waals surface area contributed by atoms with Crippen molar-refractivity contribution < 1.29 is 31.9 Å². The molecule has 0 aromatic heterocycles. The molecule has 1 aliphatic carbocycles. The molecule has 2 rings (SSSR count). The first-order chi connectivity index (χ1) is 9.41. The zero-order valence-corrected chi connectivity index (χ0v) is 10.7. The lowest BCUT2D eigenvalue weighted by molar-refractivity contribution is -0.358. The largest absolute Gasteiger partial charge is 0.471 e. The van der Waals surface area contributed by atoms with E-state index >= 15 is 0 Å². The maximum absolute atomic E-state index is 12.2. The zero-order valence-electron chi connectivity index (χ0n) is 9.87. The number of carbonyl (C=O) groups is 1. The average Bonchev–Trinajstić information content (AvgIpc) is 2.78. The Morgan fingerprint density at radius 1 is 1.40 bits per heavy atom. The fourth-order valence-electron chi connectivity index (χ4n) is 2.09. The van der Waals surface area contributed by atoms with Gasteiger partial charge in [-0.2, -0.15) is 13.2 Å². The fourth-order valence-corrected chi connectivity index (χ4v) is 2.51. The van der Waals surface area contributed by atoms with E-state index in [2.05, 4.69) is 9.43 Å². The molecule has 0 heterocycles. The highest BCUT2D eigenvalue weighted by atomic mass is 32.2. The molecule has 1 aliphatic rings. The Labute approximate surface area is 115 Å². The third-order valence-corrected chi connectivity index (χ3v) is 3.48. The summed E-state index contributed by atoms with van der Waals surface area (Å²) < 4.78 is 52.0. The van der Waals surface area contributed by atoms with E-state index in [1.54, 1.807) is 18.2 Å². The van der Waals surface area contributed by atoms with Crippen molar-refractivity contribution in [3.05, 3.63) is 29.3 Å². The first-order valence-corrected chi connectivity index (χ1v) is 6.28. The normalized spacial score (nSPS) is 17.9. The van der Waals surface area contributed by atoms with E-state index in [0.717, 1.165) is 5.56 Å². The van der Waals surface area contributed by atoms with Gasteiger partial charge in [0.05, 0.1) is 18.1 Å². The molecule has 1 amide bonds. The van der Waals surface area contributed by atoms with Crippen molar-refractivity contribution in [2.45, 2.75) is 30.0 Å². The highest BCUT2D eigenvalue weighted by molar-refractivity contribution is 7.94. The number of hydrogen-bond acceptors (Lipinski definition) is 4. The van der Waals surface area contributed by atoms with Gasteiger partial charge >= 0.3 is 12.1 Å². The summed E-state index contributed by atoms with van der Waals surface area (Å²) in [7, 11) is 0. The van der Waals surface area contributed by atoms with Crippen molar-refractivity contribution in [2.75, 3.05) is 0 Å². The fraction of sp³-hybridized carbons (Fsp3) is 0.364. The maximum atomic E-state index is 12.2. The Kier molecular flexibility index (Phi) is 4.51. The number of rotatable bonds is 4. The molecular formula is C11H9F4NO3S. The third-order valence-electron chi connectivity index (χ3n) is 2.91. The number of fused-ring (bicyclic) bond motifs is 1. The number of halogens is 4. The minimum Gasteiger partial charge on any atom is -0.341 e. The van der Waals surface area contributed by atoms with Gasteiger partial charge in [-0.1, -0.05) is 6.07 Å². The summed E-state index contributed by atoms with van der Waals surface area (Å²) in [6, 6.07) is 4.10. The van der Waals surface area contributed by atoms with Crippen molar-refractivity contribution in [1.29, 1.82) is 0 Å². The Balaban J connectivity index is 2.08. The quantitative estimate of drug-likeness (QED) is 0.401. The van der Waals surface area contributed by atoms with E-state index in [-0.39, 0.29) is 0 Å². The lowest BCUT2D eigenvalue weighted by Crippen LogP contribution is -2.38. The summed E-state index contributed by atoms with van der Waals surface area (Å²) in [5, 5.41) is 4.91. The minimum absolute atomic E-state index is 0.381. The summed E-state index contributed by atoms with van der Waals surface area (Å²) in [5.41, 5.74) is 1.40. The second-order valence-corrected chi connectivity index (χ2v) is 4.91. The summed E-state index contributed by atoms with van der Waals surface area (Å²) in [5.74, 6) is -1.96. The second kappa shape index (κ2) is 5.98. The molecule has 1 aromatic rings. The van der Waals surface area contributed by atoms with Crippen LogP contribution >= 0.6 is 12.0 Å². The molecule has 0 spiro atoms. The number of amides is 1. The molecule has 1 atom stereocenters. The topological polar surface area (TPSA) is 47.6 Å². The van der Waals surface area contributed by atoms with Gasteiger partial charge in [-0.25, -0.2) is 0 Å². The third kappa shape index (κ3) is 3.41. The average molecular weight is 311 g/mol. The van der Waals surface area contributed by atoms with E-state index in [4.69, 9.17) is 0 Å². The van der Waals surface area contributed by atoms with E-state index in [1.807, 2.05) is 5.32 Å². The van der Waals surface area contributed by atoms with Gasteiger partial charge in [0.1, 0.15) is 0 Å². The van der Waals surface area contributed by atoms with Crippen molar-refractivity contribution in [3.8, 4) is 0 Å². The summed E-state index contributed by atoms with van der Waals surface area (Å²) in [6.45, 7) is 0. The molecule has 1 N–H and O–H groups in total. The van der Waals surface area contributed by atoms with Crippen LogP contribution in [0.25, 0.3) is 0 Å². The van der Waals surface area contributed by atoms with Crippen LogP contribution in [0.5, 0.6) is 0 Å². The van der Waals surface area contributed by atoms with Crippen LogP contribution in [-0.4, -0.2) is 12.1 Å². The highest BCUT2D eigenvalue weighted by Gasteiger charge is 2.40. The molecule has 0 fully saturated rings. The van der Waals surface area contributed by atoms with E-state index in [9.17, 15) is 22.5 Å². The van der Waals surface area contributed by atoms with E-state index < -0.39 is 18.1 Å². The smallest absolute Gasteiger partial charge is 0.341 e. The van der Waals surface area contributed by atoms with Crippen LogP contribution in [0, 0.1) is 0 Å². The van der Waals surface area contributed by atoms with Crippen LogP contribution in [-0.2, 0) is 20.6 Å². The van der Waals surface area contributed by atoms with Crippen LogP contribution < -0.4 is 5.32 Å². The number of benzene rings is 1. The molecule has 4 nitrogen and oxygen atoms in total. The van der Waals surface area contributed by atoms with Gasteiger partial charge in [0.25, 0.3) is 0 Å². The van der Waals surface area contributed by atoms with Crippen LogP contribution in [0.15, 0.2) is 23.1 Å². The maximum Gasteiger partial charge on any atom is 0.471 e. The van der Waals surface area contributed by atoms with Crippen LogP contribution in [0.3, 0.4) is 0 Å². The standard InChI is InChI=1S/C11H9F4NO3S/c12-11(13,14)10(17)16-9-4-1-6-5-7(20-19-18-15)2-3-8(6)9/h2-3,5,9H,1,4H2,(H,16,17). The van der Waals surface area contributed by atoms with Crippen molar-refractivity contribution in [2.24, 2.45) is 0 Å². The summed E-state index contributed by atoms with van der Waals surface area (Å²) in [4.78, 5) is 11.5. The monoisotopic (exact) mass is 311 g/mol. The predicted octanol–water partition coefficient (Wildman–Crippen LogP) is 3.19. The minimum atomic E-state index is -4.90. The van der Waals surface area contributed by atoms with Gasteiger partial charge in [0.15, 0.2) is 0 Å². The molecule has 20 heavy (non-hydrogen) atoms. The Morgan fingerprint density at radius 2 is 2.15 bits per heavy atom. The molecule has 0 radical (unpaired) electrons. The van der Waals surface area contributed by atoms with Crippen LogP contribution in [0.4, 0.5) is 17.7 Å². The van der Waals surface area contributed by atoms with Crippen molar-refractivity contribution in [3.63, 3.8) is 0 Å². The van der Waals surface area contributed by atoms with Gasteiger partial charge in [-0.3, -0.25) is 4.79 Å². The number of hydrogen-bond donors (Lipinski definition) is 1. The highest BCUT2D eigenvalue weighted by Crippen LogP contribution is 2.34. The Bertz CT molecular complexity index is 509. The van der Waals surface area contributed by atoms with E-state index in [1.165, 1.54) is 0 Å². The molecule has 1 unspecified atom stereocenters. The van der Waals surface area contributed by atoms with Crippen molar-refractivity contribution >= 4 is 17.9 Å². The predicted molar refractivity (Wildman–Crippen MR) is 60.8 cm³/mol. The van der Waals surface area contributed by atoms with Gasteiger partial charge in [-0.15, -0.1) is 4.33 Å². The molecule has 0 saturated carbocycles. The van der Waals surface area contributed by atoms with Gasteiger partial charge < -0.3 is 5.32 Å². The molecule has 9 heteroatoms. The van der Waals surface area contributed by atoms with Gasteiger partial charge in [0.2, 0.25) is 0 Å². The molecule has 1 aromatic carbocycles. The molecule has 0 bridgehead atoms. The number of carbonyl (C=O) groups excluding carboxylic acids is 1. The zero-order chi connectivity index (χ0) is 14.8. The van der Waals surface area contributed by atoms with Crippen LogP contribution in [0.1, 0.15) is 23.6 Å².